The summed E-state index contributed by atoms with van der Waals surface area (Å²) >= 11 is 4.95. The second kappa shape index (κ2) is 4.42. The number of hydrogen-bond donors (Lipinski definition) is 1. The number of thiazole rings is 1. The van der Waals surface area contributed by atoms with E-state index in [1.54, 1.807) is 17.5 Å². The van der Waals surface area contributed by atoms with Crippen LogP contribution in [0, 0.1) is 0 Å². The highest BCUT2D eigenvalue weighted by Gasteiger charge is 2.06. The Morgan fingerprint density at radius 2 is 2.35 bits per heavy atom. The summed E-state index contributed by atoms with van der Waals surface area (Å²) in [6.07, 6.45) is 5.50. The molecule has 0 fully saturated rings. The van der Waals surface area contributed by atoms with Gasteiger partial charge in [0.15, 0.2) is 11.5 Å². The first-order valence-electron chi connectivity index (χ1n) is 4.93. The molecule has 17 heavy (non-hydrogen) atoms. The van der Waals surface area contributed by atoms with Gasteiger partial charge in [0, 0.05) is 24.0 Å². The summed E-state index contributed by atoms with van der Waals surface area (Å²) < 4.78 is 2.68. The van der Waals surface area contributed by atoms with E-state index in [1.807, 2.05) is 27.7 Å². The van der Waals surface area contributed by atoms with Crippen molar-refractivity contribution in [3.8, 4) is 0 Å². The summed E-state index contributed by atoms with van der Waals surface area (Å²) in [5, 5.41) is 5.24. The second-order valence-electron chi connectivity index (χ2n) is 3.40. The van der Waals surface area contributed by atoms with Gasteiger partial charge in [-0.1, -0.05) is 0 Å². The smallest absolute Gasteiger partial charge is 0.180 e. The minimum absolute atomic E-state index is 0.648. The topological polar surface area (TPSA) is 55.1 Å². The SMILES string of the molecule is Brc1cn2ccnc2c(NCc2cscn2)n1. The van der Waals surface area contributed by atoms with E-state index in [0.29, 0.717) is 6.54 Å². The third kappa shape index (κ3) is 2.16. The molecule has 0 aliphatic carbocycles. The van der Waals surface area contributed by atoms with Gasteiger partial charge in [-0.3, -0.25) is 0 Å². The molecule has 0 unspecified atom stereocenters. The fraction of sp³-hybridized carbons (Fsp3) is 0.100. The Kier molecular flexibility index (Phi) is 2.77. The normalized spacial score (nSPS) is 10.9. The summed E-state index contributed by atoms with van der Waals surface area (Å²) in [7, 11) is 0. The van der Waals surface area contributed by atoms with Crippen molar-refractivity contribution < 1.29 is 0 Å². The fourth-order valence-electron chi connectivity index (χ4n) is 1.52. The van der Waals surface area contributed by atoms with Crippen LogP contribution in [0.2, 0.25) is 0 Å². The van der Waals surface area contributed by atoms with Crippen LogP contribution in [0.15, 0.2) is 34.1 Å². The zero-order valence-corrected chi connectivity index (χ0v) is 11.1. The lowest BCUT2D eigenvalue weighted by Gasteiger charge is -2.05. The number of nitrogens with one attached hydrogen (secondary N) is 1. The molecule has 3 aromatic heterocycles. The standard InChI is InChI=1S/C10H8BrN5S/c11-8-4-16-2-1-12-10(16)9(15-8)13-3-7-5-17-6-14-7/h1-2,4-6H,3H2,(H,13,15). The average Bonchev–Trinajstić information content (AvgIpc) is 2.95. The molecule has 0 saturated carbocycles. The second-order valence-corrected chi connectivity index (χ2v) is 4.93. The Labute approximate surface area is 110 Å². The van der Waals surface area contributed by atoms with Gasteiger partial charge in [-0.05, 0) is 15.9 Å². The van der Waals surface area contributed by atoms with Crippen LogP contribution in [0.1, 0.15) is 5.69 Å². The molecule has 7 heteroatoms. The summed E-state index contributed by atoms with van der Waals surface area (Å²) in [4.78, 5) is 12.8. The van der Waals surface area contributed by atoms with Gasteiger partial charge in [-0.25, -0.2) is 15.0 Å². The van der Waals surface area contributed by atoms with Gasteiger partial charge in [0.1, 0.15) is 4.60 Å². The number of halogens is 1. The molecule has 0 spiro atoms. The molecule has 0 radical (unpaired) electrons. The van der Waals surface area contributed by atoms with Crippen LogP contribution in [-0.2, 0) is 6.54 Å². The predicted octanol–water partition coefficient (Wildman–Crippen LogP) is 2.56. The molecule has 0 saturated heterocycles. The van der Waals surface area contributed by atoms with Gasteiger partial charge in [0.25, 0.3) is 0 Å². The van der Waals surface area contributed by atoms with Gasteiger partial charge in [-0.2, -0.15) is 0 Å². The Morgan fingerprint density at radius 3 is 3.18 bits per heavy atom. The van der Waals surface area contributed by atoms with Crippen molar-refractivity contribution in [2.75, 3.05) is 5.32 Å². The predicted molar refractivity (Wildman–Crippen MR) is 70.1 cm³/mol. The molecule has 0 aromatic carbocycles. The molecular formula is C10H8BrN5S. The molecule has 5 nitrogen and oxygen atoms in total. The highest BCUT2D eigenvalue weighted by atomic mass is 79.9. The van der Waals surface area contributed by atoms with Crippen LogP contribution in [0.25, 0.3) is 5.65 Å². The highest BCUT2D eigenvalue weighted by Crippen LogP contribution is 2.17. The summed E-state index contributed by atoms with van der Waals surface area (Å²) in [6.45, 7) is 0.648. The van der Waals surface area contributed by atoms with Crippen LogP contribution in [0.4, 0.5) is 5.82 Å². The summed E-state index contributed by atoms with van der Waals surface area (Å²) in [6, 6.07) is 0. The monoisotopic (exact) mass is 309 g/mol. The van der Waals surface area contributed by atoms with Gasteiger partial charge in [-0.15, -0.1) is 11.3 Å². The maximum absolute atomic E-state index is 4.37. The molecule has 3 rings (SSSR count). The van der Waals surface area contributed by atoms with Gasteiger partial charge in [0.05, 0.1) is 17.7 Å². The molecule has 0 aliphatic rings. The first-order valence-corrected chi connectivity index (χ1v) is 6.66. The van der Waals surface area contributed by atoms with Crippen LogP contribution in [-0.4, -0.2) is 19.4 Å². The summed E-state index contributed by atoms with van der Waals surface area (Å²) in [5.74, 6) is 0.748. The van der Waals surface area contributed by atoms with Gasteiger partial charge >= 0.3 is 0 Å². The zero-order chi connectivity index (χ0) is 11.7. The van der Waals surface area contributed by atoms with E-state index in [2.05, 4.69) is 36.2 Å². The number of aromatic nitrogens is 4. The Bertz CT molecular complexity index is 633. The Hall–Kier alpha value is -1.47. The molecule has 3 aromatic rings. The van der Waals surface area contributed by atoms with E-state index >= 15 is 0 Å². The first-order chi connectivity index (χ1) is 8.33. The van der Waals surface area contributed by atoms with Crippen LogP contribution in [0.5, 0.6) is 0 Å². The number of nitrogens with zero attached hydrogens (tertiary/aromatic N) is 4. The number of hydrogen-bond acceptors (Lipinski definition) is 5. The maximum atomic E-state index is 4.37. The molecule has 0 atom stereocenters. The summed E-state index contributed by atoms with van der Waals surface area (Å²) in [5.41, 5.74) is 3.63. The van der Waals surface area contributed by atoms with E-state index in [1.165, 1.54) is 0 Å². The molecular weight excluding hydrogens is 302 g/mol. The quantitative estimate of drug-likeness (QED) is 0.808. The van der Waals surface area contributed by atoms with Crippen LogP contribution in [0.3, 0.4) is 0 Å². The number of anilines is 1. The Morgan fingerprint density at radius 1 is 1.41 bits per heavy atom. The maximum Gasteiger partial charge on any atom is 0.180 e. The fourth-order valence-corrected chi connectivity index (χ4v) is 2.48. The average molecular weight is 310 g/mol. The molecule has 0 bridgehead atoms. The number of rotatable bonds is 3. The third-order valence-corrected chi connectivity index (χ3v) is 3.28. The van der Waals surface area contributed by atoms with E-state index in [0.717, 1.165) is 21.8 Å². The van der Waals surface area contributed by atoms with Crippen molar-refractivity contribution in [1.82, 2.24) is 19.4 Å². The van der Waals surface area contributed by atoms with Crippen molar-refractivity contribution in [1.29, 1.82) is 0 Å². The van der Waals surface area contributed by atoms with E-state index < -0.39 is 0 Å². The Balaban J connectivity index is 1.91. The molecule has 0 amide bonds. The lowest BCUT2D eigenvalue weighted by Crippen LogP contribution is -2.04. The van der Waals surface area contributed by atoms with Crippen LogP contribution < -0.4 is 5.32 Å². The molecule has 0 aliphatic heterocycles. The van der Waals surface area contributed by atoms with Crippen molar-refractivity contribution >= 4 is 38.7 Å². The zero-order valence-electron chi connectivity index (χ0n) is 8.67. The van der Waals surface area contributed by atoms with Gasteiger partial charge in [0.2, 0.25) is 0 Å². The van der Waals surface area contributed by atoms with Crippen LogP contribution >= 0.6 is 27.3 Å². The number of fused-ring (bicyclic) bond motifs is 1. The lowest BCUT2D eigenvalue weighted by molar-refractivity contribution is 1.03. The first kappa shape index (κ1) is 10.7. The van der Waals surface area contributed by atoms with E-state index in [9.17, 15) is 0 Å². The number of imidazole rings is 1. The van der Waals surface area contributed by atoms with Crippen molar-refractivity contribution in [2.24, 2.45) is 0 Å². The molecule has 3 heterocycles. The molecule has 86 valence electrons. The minimum atomic E-state index is 0.648. The van der Waals surface area contributed by atoms with E-state index in [4.69, 9.17) is 0 Å². The highest BCUT2D eigenvalue weighted by molar-refractivity contribution is 9.10. The van der Waals surface area contributed by atoms with Crippen molar-refractivity contribution in [2.45, 2.75) is 6.54 Å². The largest absolute Gasteiger partial charge is 0.361 e. The van der Waals surface area contributed by atoms with E-state index in [-0.39, 0.29) is 0 Å². The van der Waals surface area contributed by atoms with Crippen molar-refractivity contribution in [3.63, 3.8) is 0 Å². The van der Waals surface area contributed by atoms with Crippen molar-refractivity contribution in [3.05, 3.63) is 39.8 Å². The third-order valence-electron chi connectivity index (χ3n) is 2.27. The molecule has 1 N–H and O–H groups in total. The minimum Gasteiger partial charge on any atom is -0.361 e. The van der Waals surface area contributed by atoms with Gasteiger partial charge < -0.3 is 9.72 Å². The lowest BCUT2D eigenvalue weighted by atomic mass is 10.4.